The van der Waals surface area contributed by atoms with E-state index in [-0.39, 0.29) is 18.0 Å². The minimum atomic E-state index is -0.482. The third-order valence-corrected chi connectivity index (χ3v) is 7.45. The fourth-order valence-corrected chi connectivity index (χ4v) is 5.94. The molecule has 2 aromatic rings. The standard InChI is InChI=1S/C23H28ClN5O2/c24-17-7-1-6-16(12-17)20-19(18-14-28(22(25)31)10-11-29(18)27-20)21(30)26-23-8-2-4-15(13-23)5-3-9-23/h1,6-7,12,15H,2-5,8-11,13-14H2,(H2,25,31)(H,26,30)/t15-,23-. The molecule has 2 saturated carbocycles. The number of urea groups is 1. The summed E-state index contributed by atoms with van der Waals surface area (Å²) in [7, 11) is 0. The van der Waals surface area contributed by atoms with Crippen molar-refractivity contribution in [2.45, 2.75) is 63.6 Å². The van der Waals surface area contributed by atoms with Crippen LogP contribution in [0.25, 0.3) is 11.3 Å². The van der Waals surface area contributed by atoms with E-state index in [9.17, 15) is 9.59 Å². The van der Waals surface area contributed by atoms with Crippen LogP contribution < -0.4 is 11.1 Å². The Morgan fingerprint density at radius 2 is 1.97 bits per heavy atom. The number of hydrogen-bond donors (Lipinski definition) is 2. The second-order valence-electron chi connectivity index (χ2n) is 9.25. The van der Waals surface area contributed by atoms with Crippen molar-refractivity contribution < 1.29 is 9.59 Å². The van der Waals surface area contributed by atoms with Crippen molar-refractivity contribution in [3.8, 4) is 11.3 Å². The highest BCUT2D eigenvalue weighted by atomic mass is 35.5. The number of benzene rings is 1. The Balaban J connectivity index is 1.55. The molecule has 0 spiro atoms. The average molecular weight is 442 g/mol. The lowest BCUT2D eigenvalue weighted by Crippen LogP contribution is -2.53. The van der Waals surface area contributed by atoms with E-state index in [1.165, 1.54) is 12.8 Å². The molecule has 3 aliphatic rings. The Hall–Kier alpha value is -2.54. The molecule has 2 bridgehead atoms. The molecule has 3 amide bonds. The lowest BCUT2D eigenvalue weighted by molar-refractivity contribution is 0.0747. The molecule has 1 aromatic heterocycles. The number of nitrogens with two attached hydrogens (primary N) is 1. The van der Waals surface area contributed by atoms with Crippen LogP contribution in [0.3, 0.4) is 0 Å². The SMILES string of the molecule is NC(=O)N1CCn2nc(-c3cccc(Cl)c3)c(C(=O)N[C@]34CCC[C@H](CCC3)C4)c2C1. The number of fused-ring (bicyclic) bond motifs is 3. The van der Waals surface area contributed by atoms with Crippen LogP contribution in [-0.2, 0) is 13.1 Å². The topological polar surface area (TPSA) is 93.2 Å². The Morgan fingerprint density at radius 1 is 1.19 bits per heavy atom. The van der Waals surface area contributed by atoms with Gasteiger partial charge in [-0.25, -0.2) is 4.79 Å². The second-order valence-corrected chi connectivity index (χ2v) is 9.69. The Bertz CT molecular complexity index is 1020. The summed E-state index contributed by atoms with van der Waals surface area (Å²) in [6, 6.07) is 6.92. The Kier molecular flexibility index (Phi) is 5.16. The van der Waals surface area contributed by atoms with Crippen LogP contribution in [0.2, 0.25) is 5.02 Å². The summed E-state index contributed by atoms with van der Waals surface area (Å²) in [5, 5.41) is 8.78. The van der Waals surface area contributed by atoms with E-state index in [1.54, 1.807) is 11.0 Å². The van der Waals surface area contributed by atoms with E-state index < -0.39 is 6.03 Å². The van der Waals surface area contributed by atoms with Crippen LogP contribution >= 0.6 is 11.6 Å². The van der Waals surface area contributed by atoms with E-state index >= 15 is 0 Å². The number of amides is 3. The van der Waals surface area contributed by atoms with Crippen molar-refractivity contribution in [1.29, 1.82) is 0 Å². The molecule has 8 heteroatoms. The minimum Gasteiger partial charge on any atom is -0.351 e. The van der Waals surface area contributed by atoms with Gasteiger partial charge in [-0.1, -0.05) is 49.4 Å². The zero-order chi connectivity index (χ0) is 21.6. The maximum absolute atomic E-state index is 13.8. The van der Waals surface area contributed by atoms with Gasteiger partial charge in [0.1, 0.15) is 5.69 Å². The van der Waals surface area contributed by atoms with E-state index in [4.69, 9.17) is 22.4 Å². The predicted octanol–water partition coefficient (Wildman–Crippen LogP) is 3.94. The first-order valence-electron chi connectivity index (χ1n) is 11.2. The van der Waals surface area contributed by atoms with Gasteiger partial charge in [0.05, 0.1) is 24.3 Å². The van der Waals surface area contributed by atoms with Gasteiger partial charge in [-0.05, 0) is 37.3 Å². The predicted molar refractivity (Wildman–Crippen MR) is 119 cm³/mol. The van der Waals surface area contributed by atoms with Gasteiger partial charge < -0.3 is 16.0 Å². The molecule has 5 rings (SSSR count). The molecule has 0 unspecified atom stereocenters. The number of aromatic nitrogens is 2. The summed E-state index contributed by atoms with van der Waals surface area (Å²) in [4.78, 5) is 27.2. The molecule has 0 radical (unpaired) electrons. The summed E-state index contributed by atoms with van der Waals surface area (Å²) in [6.07, 6.45) is 7.96. The zero-order valence-electron chi connectivity index (χ0n) is 17.6. The van der Waals surface area contributed by atoms with Crippen molar-refractivity contribution >= 4 is 23.5 Å². The number of nitrogens with zero attached hydrogens (tertiary/aromatic N) is 3. The number of primary amides is 1. The van der Waals surface area contributed by atoms with E-state index in [2.05, 4.69) is 5.32 Å². The summed E-state index contributed by atoms with van der Waals surface area (Å²) >= 11 is 6.24. The molecular weight excluding hydrogens is 414 g/mol. The highest BCUT2D eigenvalue weighted by Crippen LogP contribution is 2.43. The molecule has 7 nitrogen and oxygen atoms in total. The maximum Gasteiger partial charge on any atom is 0.315 e. The van der Waals surface area contributed by atoms with Gasteiger partial charge in [0.15, 0.2) is 0 Å². The van der Waals surface area contributed by atoms with Crippen molar-refractivity contribution in [3.63, 3.8) is 0 Å². The molecule has 1 aromatic carbocycles. The lowest BCUT2D eigenvalue weighted by atomic mass is 9.67. The molecule has 3 N–H and O–H groups in total. The largest absolute Gasteiger partial charge is 0.351 e. The van der Waals surface area contributed by atoms with Crippen molar-refractivity contribution in [1.82, 2.24) is 20.0 Å². The third kappa shape index (κ3) is 3.80. The monoisotopic (exact) mass is 441 g/mol. The summed E-state index contributed by atoms with van der Waals surface area (Å²) in [5.74, 6) is 0.603. The summed E-state index contributed by atoms with van der Waals surface area (Å²) in [6.45, 7) is 1.26. The summed E-state index contributed by atoms with van der Waals surface area (Å²) in [5.41, 5.74) is 8.10. The van der Waals surface area contributed by atoms with E-state index in [0.717, 1.165) is 43.4 Å². The van der Waals surface area contributed by atoms with E-state index in [1.807, 2.05) is 22.9 Å². The maximum atomic E-state index is 13.8. The van der Waals surface area contributed by atoms with Crippen LogP contribution in [-0.4, -0.2) is 38.7 Å². The Labute approximate surface area is 186 Å². The summed E-state index contributed by atoms with van der Waals surface area (Å²) < 4.78 is 1.84. The highest BCUT2D eigenvalue weighted by molar-refractivity contribution is 6.30. The molecular formula is C23H28ClN5O2. The lowest BCUT2D eigenvalue weighted by Gasteiger charge is -2.45. The van der Waals surface area contributed by atoms with Crippen molar-refractivity contribution in [2.24, 2.45) is 11.7 Å². The molecule has 1 aliphatic heterocycles. The number of rotatable bonds is 3. The van der Waals surface area contributed by atoms with Gasteiger partial charge in [-0.2, -0.15) is 5.10 Å². The average Bonchev–Trinajstić information content (AvgIpc) is 3.12. The van der Waals surface area contributed by atoms with Gasteiger partial charge in [-0.3, -0.25) is 9.48 Å². The van der Waals surface area contributed by atoms with Crippen molar-refractivity contribution in [3.05, 3.63) is 40.5 Å². The van der Waals surface area contributed by atoms with Crippen LogP contribution in [0.15, 0.2) is 24.3 Å². The molecule has 164 valence electrons. The molecule has 2 fully saturated rings. The quantitative estimate of drug-likeness (QED) is 0.755. The zero-order valence-corrected chi connectivity index (χ0v) is 18.3. The smallest absolute Gasteiger partial charge is 0.315 e. The number of halogens is 1. The Morgan fingerprint density at radius 3 is 2.68 bits per heavy atom. The first-order chi connectivity index (χ1) is 14.9. The van der Waals surface area contributed by atoms with Crippen LogP contribution in [0.5, 0.6) is 0 Å². The van der Waals surface area contributed by atoms with Gasteiger partial charge in [-0.15, -0.1) is 0 Å². The van der Waals surface area contributed by atoms with Gasteiger partial charge in [0.2, 0.25) is 0 Å². The van der Waals surface area contributed by atoms with Crippen LogP contribution in [0.1, 0.15) is 61.0 Å². The van der Waals surface area contributed by atoms with Crippen LogP contribution in [0, 0.1) is 5.92 Å². The minimum absolute atomic E-state index is 0.106. The first kappa shape index (κ1) is 20.4. The van der Waals surface area contributed by atoms with Gasteiger partial charge in [0.25, 0.3) is 5.91 Å². The second kappa shape index (κ2) is 7.86. The van der Waals surface area contributed by atoms with E-state index in [0.29, 0.717) is 35.3 Å². The van der Waals surface area contributed by atoms with Crippen LogP contribution in [0.4, 0.5) is 4.79 Å². The molecule has 0 saturated heterocycles. The van der Waals surface area contributed by atoms with Crippen molar-refractivity contribution in [2.75, 3.05) is 6.54 Å². The number of nitrogens with one attached hydrogen (secondary N) is 1. The molecule has 2 aliphatic carbocycles. The first-order valence-corrected chi connectivity index (χ1v) is 11.5. The fraction of sp³-hybridized carbons (Fsp3) is 0.522. The van der Waals surface area contributed by atoms with Gasteiger partial charge in [0, 0.05) is 22.7 Å². The third-order valence-electron chi connectivity index (χ3n) is 7.21. The number of carbonyl (C=O) groups excluding carboxylic acids is 2. The number of hydrogen-bond acceptors (Lipinski definition) is 3. The highest BCUT2D eigenvalue weighted by Gasteiger charge is 2.41. The molecule has 0 atom stereocenters. The number of carbonyl (C=O) groups is 2. The molecule has 31 heavy (non-hydrogen) atoms. The molecule has 2 heterocycles. The normalized spacial score (nSPS) is 25.1. The van der Waals surface area contributed by atoms with Gasteiger partial charge >= 0.3 is 6.03 Å². The fourth-order valence-electron chi connectivity index (χ4n) is 5.75.